The molecule has 1 aromatic heterocycles. The Labute approximate surface area is 142 Å². The number of tetrazole rings is 1. The van der Waals surface area contributed by atoms with Gasteiger partial charge in [-0.2, -0.15) is 4.80 Å². The summed E-state index contributed by atoms with van der Waals surface area (Å²) in [5, 5.41) is 15.3. The molecule has 7 nitrogen and oxygen atoms in total. The number of aromatic nitrogens is 4. The van der Waals surface area contributed by atoms with Crippen LogP contribution in [0.2, 0.25) is 0 Å². The van der Waals surface area contributed by atoms with Gasteiger partial charge < -0.3 is 11.1 Å². The smallest absolute Gasteiger partial charge is 0.247 e. The standard InChI is InChI=1S/C15H22N6O.ClH/c1-11(2)13(15(22)17-10-6-9-16)21-19-14(18-20-21)12-7-4-3-5-8-12;/h3-5,7-8,11,13H,6,9-10,16H2,1-2H3,(H,17,22);1H. The molecule has 23 heavy (non-hydrogen) atoms. The normalized spacial score (nSPS) is 11.8. The SMILES string of the molecule is CC(C)C(C(=O)NCCCN)n1nnc(-c2ccccc2)n1.Cl. The third-order valence-electron chi connectivity index (χ3n) is 3.29. The van der Waals surface area contributed by atoms with Crippen LogP contribution in [0, 0.1) is 5.92 Å². The van der Waals surface area contributed by atoms with Crippen molar-refractivity contribution in [1.82, 2.24) is 25.5 Å². The summed E-state index contributed by atoms with van der Waals surface area (Å²) >= 11 is 0. The van der Waals surface area contributed by atoms with Gasteiger partial charge in [-0.3, -0.25) is 4.79 Å². The second kappa shape index (κ2) is 9.22. The van der Waals surface area contributed by atoms with Crippen LogP contribution in [0.25, 0.3) is 11.4 Å². The van der Waals surface area contributed by atoms with E-state index in [-0.39, 0.29) is 24.2 Å². The van der Waals surface area contributed by atoms with Gasteiger partial charge in [0.15, 0.2) is 6.04 Å². The lowest BCUT2D eigenvalue weighted by Crippen LogP contribution is -2.37. The van der Waals surface area contributed by atoms with E-state index in [1.54, 1.807) is 0 Å². The van der Waals surface area contributed by atoms with E-state index in [9.17, 15) is 4.79 Å². The molecule has 1 aromatic carbocycles. The first-order chi connectivity index (χ1) is 10.6. The molecule has 0 fully saturated rings. The van der Waals surface area contributed by atoms with Crippen LogP contribution in [-0.4, -0.2) is 39.2 Å². The van der Waals surface area contributed by atoms with Gasteiger partial charge in [0.05, 0.1) is 0 Å². The highest BCUT2D eigenvalue weighted by atomic mass is 35.5. The van der Waals surface area contributed by atoms with Crippen molar-refractivity contribution in [1.29, 1.82) is 0 Å². The number of amides is 1. The second-order valence-electron chi connectivity index (χ2n) is 5.42. The molecule has 1 heterocycles. The molecule has 0 aliphatic rings. The van der Waals surface area contributed by atoms with Crippen LogP contribution < -0.4 is 11.1 Å². The Bertz CT molecular complexity index is 601. The molecular formula is C15H23ClN6O. The number of hydrogen-bond acceptors (Lipinski definition) is 5. The molecular weight excluding hydrogens is 316 g/mol. The van der Waals surface area contributed by atoms with Crippen molar-refractivity contribution in [2.45, 2.75) is 26.3 Å². The van der Waals surface area contributed by atoms with Gasteiger partial charge in [0.2, 0.25) is 11.7 Å². The van der Waals surface area contributed by atoms with Crippen molar-refractivity contribution in [3.05, 3.63) is 30.3 Å². The Kier molecular flexibility index (Phi) is 7.64. The van der Waals surface area contributed by atoms with Gasteiger partial charge in [0, 0.05) is 12.1 Å². The Balaban J connectivity index is 0.00000264. The van der Waals surface area contributed by atoms with Crippen molar-refractivity contribution < 1.29 is 4.79 Å². The Morgan fingerprint density at radius 1 is 1.30 bits per heavy atom. The van der Waals surface area contributed by atoms with E-state index in [1.165, 1.54) is 4.80 Å². The van der Waals surface area contributed by atoms with E-state index in [4.69, 9.17) is 5.73 Å². The predicted molar refractivity (Wildman–Crippen MR) is 91.1 cm³/mol. The topological polar surface area (TPSA) is 98.7 Å². The molecule has 1 unspecified atom stereocenters. The molecule has 0 radical (unpaired) electrons. The number of nitrogens with zero attached hydrogens (tertiary/aromatic N) is 4. The van der Waals surface area contributed by atoms with Gasteiger partial charge in [-0.1, -0.05) is 44.2 Å². The van der Waals surface area contributed by atoms with Crippen LogP contribution in [0.3, 0.4) is 0 Å². The highest BCUT2D eigenvalue weighted by Gasteiger charge is 2.26. The molecule has 1 atom stereocenters. The Morgan fingerprint density at radius 3 is 2.61 bits per heavy atom. The van der Waals surface area contributed by atoms with E-state index in [0.29, 0.717) is 18.9 Å². The number of benzene rings is 1. The minimum atomic E-state index is -0.484. The number of halogens is 1. The number of rotatable bonds is 7. The summed E-state index contributed by atoms with van der Waals surface area (Å²) in [6.07, 6.45) is 0.747. The maximum atomic E-state index is 12.3. The van der Waals surface area contributed by atoms with Gasteiger partial charge in [0.1, 0.15) is 0 Å². The van der Waals surface area contributed by atoms with E-state index in [2.05, 4.69) is 20.7 Å². The van der Waals surface area contributed by atoms with Crippen LogP contribution in [-0.2, 0) is 4.79 Å². The van der Waals surface area contributed by atoms with E-state index in [0.717, 1.165) is 12.0 Å². The zero-order valence-corrected chi connectivity index (χ0v) is 14.2. The van der Waals surface area contributed by atoms with E-state index < -0.39 is 6.04 Å². The van der Waals surface area contributed by atoms with Crippen molar-refractivity contribution in [3.63, 3.8) is 0 Å². The fraction of sp³-hybridized carbons (Fsp3) is 0.467. The summed E-state index contributed by atoms with van der Waals surface area (Å²) in [6, 6.07) is 9.09. The predicted octanol–water partition coefficient (Wildman–Crippen LogP) is 1.42. The highest BCUT2D eigenvalue weighted by Crippen LogP contribution is 2.18. The maximum Gasteiger partial charge on any atom is 0.247 e. The minimum Gasteiger partial charge on any atom is -0.354 e. The van der Waals surface area contributed by atoms with Crippen molar-refractivity contribution in [2.75, 3.05) is 13.1 Å². The highest BCUT2D eigenvalue weighted by molar-refractivity contribution is 5.85. The lowest BCUT2D eigenvalue weighted by Gasteiger charge is -2.18. The van der Waals surface area contributed by atoms with Crippen molar-refractivity contribution in [3.8, 4) is 11.4 Å². The third-order valence-corrected chi connectivity index (χ3v) is 3.29. The summed E-state index contributed by atoms with van der Waals surface area (Å²) in [6.45, 7) is 5.02. The average molecular weight is 339 g/mol. The first-order valence-corrected chi connectivity index (χ1v) is 7.46. The third kappa shape index (κ3) is 5.01. The lowest BCUT2D eigenvalue weighted by molar-refractivity contribution is -0.126. The summed E-state index contributed by atoms with van der Waals surface area (Å²) in [4.78, 5) is 13.7. The summed E-state index contributed by atoms with van der Waals surface area (Å²) < 4.78 is 0. The monoisotopic (exact) mass is 338 g/mol. The molecule has 3 N–H and O–H groups in total. The molecule has 0 saturated heterocycles. The minimum absolute atomic E-state index is 0. The Morgan fingerprint density at radius 2 is 2.00 bits per heavy atom. The molecule has 8 heteroatoms. The quantitative estimate of drug-likeness (QED) is 0.744. The molecule has 2 rings (SSSR count). The van der Waals surface area contributed by atoms with Gasteiger partial charge in [0.25, 0.3) is 0 Å². The molecule has 2 aromatic rings. The number of nitrogens with one attached hydrogen (secondary N) is 1. The molecule has 1 amide bonds. The average Bonchev–Trinajstić information content (AvgIpc) is 2.97. The zero-order valence-electron chi connectivity index (χ0n) is 13.3. The van der Waals surface area contributed by atoms with Gasteiger partial charge >= 0.3 is 0 Å². The fourth-order valence-corrected chi connectivity index (χ4v) is 2.14. The molecule has 0 saturated carbocycles. The van der Waals surface area contributed by atoms with Crippen molar-refractivity contribution in [2.24, 2.45) is 11.7 Å². The second-order valence-corrected chi connectivity index (χ2v) is 5.42. The lowest BCUT2D eigenvalue weighted by atomic mass is 10.0. The van der Waals surface area contributed by atoms with Crippen LogP contribution >= 0.6 is 12.4 Å². The van der Waals surface area contributed by atoms with Crippen molar-refractivity contribution >= 4 is 18.3 Å². The molecule has 0 aliphatic carbocycles. The largest absolute Gasteiger partial charge is 0.354 e. The zero-order chi connectivity index (χ0) is 15.9. The van der Waals surface area contributed by atoms with E-state index >= 15 is 0 Å². The maximum absolute atomic E-state index is 12.3. The molecule has 0 aliphatic heterocycles. The number of nitrogens with two attached hydrogens (primary N) is 1. The fourth-order valence-electron chi connectivity index (χ4n) is 2.14. The van der Waals surface area contributed by atoms with Crippen LogP contribution in [0.1, 0.15) is 26.3 Å². The van der Waals surface area contributed by atoms with Crippen LogP contribution in [0.15, 0.2) is 30.3 Å². The van der Waals surface area contributed by atoms with Crippen LogP contribution in [0.5, 0.6) is 0 Å². The molecule has 0 spiro atoms. The summed E-state index contributed by atoms with van der Waals surface area (Å²) in [5.74, 6) is 0.456. The Hall–Kier alpha value is -1.99. The molecule has 126 valence electrons. The number of carbonyl (C=O) groups excluding carboxylic acids is 1. The van der Waals surface area contributed by atoms with Gasteiger partial charge in [-0.25, -0.2) is 0 Å². The summed E-state index contributed by atoms with van der Waals surface area (Å²) in [5.41, 5.74) is 6.31. The number of hydrogen-bond donors (Lipinski definition) is 2. The van der Waals surface area contributed by atoms with E-state index in [1.807, 2.05) is 44.2 Å². The number of carbonyl (C=O) groups is 1. The van der Waals surface area contributed by atoms with Crippen LogP contribution in [0.4, 0.5) is 0 Å². The summed E-state index contributed by atoms with van der Waals surface area (Å²) in [7, 11) is 0. The molecule has 0 bridgehead atoms. The van der Waals surface area contributed by atoms with Gasteiger partial charge in [-0.15, -0.1) is 22.6 Å². The first kappa shape index (κ1) is 19.1. The first-order valence-electron chi connectivity index (χ1n) is 7.46. The van der Waals surface area contributed by atoms with Gasteiger partial charge in [-0.05, 0) is 24.1 Å².